The van der Waals surface area contributed by atoms with Crippen molar-refractivity contribution in [3.63, 3.8) is 0 Å². The second-order valence-electron chi connectivity index (χ2n) is 8.66. The molecular weight excluding hydrogens is 420 g/mol. The van der Waals surface area contributed by atoms with Crippen molar-refractivity contribution in [1.29, 1.82) is 0 Å². The van der Waals surface area contributed by atoms with Crippen molar-refractivity contribution in [2.75, 3.05) is 19.7 Å². The van der Waals surface area contributed by atoms with Crippen LogP contribution >= 0.6 is 0 Å². The monoisotopic (exact) mass is 452 g/mol. The molecule has 3 unspecified atom stereocenters. The minimum Gasteiger partial charge on any atom is -0.481 e. The van der Waals surface area contributed by atoms with E-state index in [-0.39, 0.29) is 25.0 Å². The normalized spacial score (nSPS) is 15.0. The molecule has 0 saturated carbocycles. The van der Waals surface area contributed by atoms with E-state index < -0.39 is 29.9 Å². The number of fused-ring (bicyclic) bond motifs is 3. The molecule has 2 N–H and O–H groups in total. The Labute approximate surface area is 194 Å². The van der Waals surface area contributed by atoms with E-state index in [2.05, 4.69) is 29.6 Å². The second kappa shape index (κ2) is 10.5. The molecular formula is C26H32N2O5. The largest absolute Gasteiger partial charge is 0.481 e. The minimum absolute atomic E-state index is 0.0365. The summed E-state index contributed by atoms with van der Waals surface area (Å²) in [7, 11) is 0. The van der Waals surface area contributed by atoms with Gasteiger partial charge in [-0.15, -0.1) is 0 Å². The smallest absolute Gasteiger partial charge is 0.407 e. The summed E-state index contributed by atoms with van der Waals surface area (Å²) in [6, 6.07) is 15.8. The molecule has 7 nitrogen and oxygen atoms in total. The average Bonchev–Trinajstić information content (AvgIpc) is 3.13. The molecule has 2 aromatic carbocycles. The van der Waals surface area contributed by atoms with Crippen LogP contribution < -0.4 is 5.32 Å². The SMILES string of the molecule is CCN(CC(C)C(=O)O)C(=O)C(C)C(C)NC(=O)OCC1c2ccccc2-c2ccccc21. The van der Waals surface area contributed by atoms with Crippen LogP contribution in [0.5, 0.6) is 0 Å². The lowest BCUT2D eigenvalue weighted by molar-refractivity contribution is -0.143. The van der Waals surface area contributed by atoms with Crippen LogP contribution in [0, 0.1) is 11.8 Å². The van der Waals surface area contributed by atoms with Crippen LogP contribution in [0.2, 0.25) is 0 Å². The lowest BCUT2D eigenvalue weighted by atomic mass is 9.98. The van der Waals surface area contributed by atoms with Crippen LogP contribution in [-0.2, 0) is 14.3 Å². The van der Waals surface area contributed by atoms with Crippen molar-refractivity contribution in [2.24, 2.45) is 11.8 Å². The van der Waals surface area contributed by atoms with Gasteiger partial charge >= 0.3 is 12.1 Å². The zero-order valence-electron chi connectivity index (χ0n) is 19.6. The maximum Gasteiger partial charge on any atom is 0.407 e. The Bertz CT molecular complexity index is 976. The van der Waals surface area contributed by atoms with Crippen LogP contribution in [0.15, 0.2) is 48.5 Å². The number of hydrogen-bond donors (Lipinski definition) is 2. The number of carboxylic acids is 1. The van der Waals surface area contributed by atoms with E-state index >= 15 is 0 Å². The molecule has 176 valence electrons. The van der Waals surface area contributed by atoms with E-state index in [0.29, 0.717) is 6.54 Å². The van der Waals surface area contributed by atoms with Gasteiger partial charge in [0, 0.05) is 25.0 Å². The number of benzene rings is 2. The molecule has 2 aromatic rings. The first-order chi connectivity index (χ1) is 15.7. The Hall–Kier alpha value is -3.35. The van der Waals surface area contributed by atoms with Crippen LogP contribution in [-0.4, -0.2) is 53.7 Å². The summed E-state index contributed by atoms with van der Waals surface area (Å²) in [5, 5.41) is 11.9. The number of carboxylic acid groups (broad SMARTS) is 1. The molecule has 1 aliphatic rings. The van der Waals surface area contributed by atoms with Gasteiger partial charge in [-0.25, -0.2) is 4.79 Å². The summed E-state index contributed by atoms with van der Waals surface area (Å²) < 4.78 is 5.57. The Morgan fingerprint density at radius 1 is 1.00 bits per heavy atom. The molecule has 7 heteroatoms. The van der Waals surface area contributed by atoms with E-state index in [4.69, 9.17) is 9.84 Å². The Morgan fingerprint density at radius 2 is 1.55 bits per heavy atom. The van der Waals surface area contributed by atoms with Gasteiger partial charge in [0.1, 0.15) is 6.61 Å². The third-order valence-corrected chi connectivity index (χ3v) is 6.44. The fraction of sp³-hybridized carbons (Fsp3) is 0.423. The van der Waals surface area contributed by atoms with Crippen molar-refractivity contribution in [2.45, 2.75) is 39.7 Å². The maximum atomic E-state index is 12.8. The van der Waals surface area contributed by atoms with Crippen LogP contribution in [0.4, 0.5) is 4.79 Å². The van der Waals surface area contributed by atoms with Crippen LogP contribution in [0.25, 0.3) is 11.1 Å². The predicted molar refractivity (Wildman–Crippen MR) is 126 cm³/mol. The summed E-state index contributed by atoms with van der Waals surface area (Å²) in [4.78, 5) is 38.0. The number of carbonyl (C=O) groups excluding carboxylic acids is 2. The highest BCUT2D eigenvalue weighted by molar-refractivity contribution is 5.81. The minimum atomic E-state index is -0.946. The lowest BCUT2D eigenvalue weighted by Crippen LogP contribution is -2.47. The van der Waals surface area contributed by atoms with Crippen molar-refractivity contribution in [3.8, 4) is 11.1 Å². The molecule has 3 atom stereocenters. The molecule has 0 bridgehead atoms. The summed E-state index contributed by atoms with van der Waals surface area (Å²) >= 11 is 0. The number of alkyl carbamates (subject to hydrolysis) is 1. The maximum absolute atomic E-state index is 12.8. The van der Waals surface area contributed by atoms with Crippen molar-refractivity contribution >= 4 is 18.0 Å². The summed E-state index contributed by atoms with van der Waals surface area (Å²) in [5.41, 5.74) is 4.58. The summed E-state index contributed by atoms with van der Waals surface area (Å²) in [6.45, 7) is 7.59. The molecule has 0 heterocycles. The van der Waals surface area contributed by atoms with Crippen molar-refractivity contribution in [3.05, 3.63) is 59.7 Å². The molecule has 0 fully saturated rings. The fourth-order valence-corrected chi connectivity index (χ4v) is 4.24. The Morgan fingerprint density at radius 3 is 2.06 bits per heavy atom. The molecule has 0 aliphatic heterocycles. The summed E-state index contributed by atoms with van der Waals surface area (Å²) in [5.74, 6) is -2.36. The zero-order chi connectivity index (χ0) is 24.1. The second-order valence-corrected chi connectivity index (χ2v) is 8.66. The lowest BCUT2D eigenvalue weighted by Gasteiger charge is -2.29. The number of ether oxygens (including phenoxy) is 1. The zero-order valence-corrected chi connectivity index (χ0v) is 19.6. The Kier molecular flexibility index (Phi) is 7.74. The molecule has 0 aromatic heterocycles. The van der Waals surface area contributed by atoms with Gasteiger partial charge < -0.3 is 20.1 Å². The van der Waals surface area contributed by atoms with Gasteiger partial charge in [-0.2, -0.15) is 0 Å². The molecule has 0 saturated heterocycles. The van der Waals surface area contributed by atoms with Gasteiger partial charge in [0.25, 0.3) is 0 Å². The number of amides is 2. The topological polar surface area (TPSA) is 95.9 Å². The van der Waals surface area contributed by atoms with Gasteiger partial charge in [-0.1, -0.05) is 62.4 Å². The molecule has 1 aliphatic carbocycles. The van der Waals surface area contributed by atoms with Gasteiger partial charge in [0.15, 0.2) is 0 Å². The van der Waals surface area contributed by atoms with Gasteiger partial charge in [0.05, 0.1) is 11.8 Å². The quantitative estimate of drug-likeness (QED) is 0.597. The number of nitrogens with zero attached hydrogens (tertiary/aromatic N) is 1. The van der Waals surface area contributed by atoms with E-state index in [1.165, 1.54) is 4.90 Å². The standard InChI is InChI=1S/C26H32N2O5/c1-5-28(14-16(2)25(30)31)24(29)17(3)18(4)27-26(32)33-15-23-21-12-8-6-10-19(21)20-11-7-9-13-22(20)23/h6-13,16-18,23H,5,14-15H2,1-4H3,(H,27,32)(H,30,31). The van der Waals surface area contributed by atoms with E-state index in [1.807, 2.05) is 31.2 Å². The predicted octanol–water partition coefficient (Wildman–Crippen LogP) is 4.12. The number of rotatable bonds is 9. The van der Waals surface area contributed by atoms with Crippen molar-refractivity contribution in [1.82, 2.24) is 10.2 Å². The van der Waals surface area contributed by atoms with Gasteiger partial charge in [-0.05, 0) is 36.1 Å². The van der Waals surface area contributed by atoms with E-state index in [0.717, 1.165) is 22.3 Å². The van der Waals surface area contributed by atoms with Gasteiger partial charge in [-0.3, -0.25) is 9.59 Å². The summed E-state index contributed by atoms with van der Waals surface area (Å²) in [6.07, 6.45) is -0.578. The number of hydrogen-bond acceptors (Lipinski definition) is 4. The van der Waals surface area contributed by atoms with E-state index in [9.17, 15) is 14.4 Å². The van der Waals surface area contributed by atoms with Crippen LogP contribution in [0.3, 0.4) is 0 Å². The average molecular weight is 453 g/mol. The first kappa shape index (κ1) is 24.3. The van der Waals surface area contributed by atoms with Crippen molar-refractivity contribution < 1.29 is 24.2 Å². The molecule has 2 amide bonds. The third kappa shape index (κ3) is 5.35. The van der Waals surface area contributed by atoms with E-state index in [1.54, 1.807) is 20.8 Å². The van der Waals surface area contributed by atoms with Crippen LogP contribution in [0.1, 0.15) is 44.7 Å². The van der Waals surface area contributed by atoms with Gasteiger partial charge in [0.2, 0.25) is 5.91 Å². The highest BCUT2D eigenvalue weighted by Crippen LogP contribution is 2.44. The highest BCUT2D eigenvalue weighted by Gasteiger charge is 2.31. The number of aliphatic carboxylic acids is 1. The fourth-order valence-electron chi connectivity index (χ4n) is 4.24. The third-order valence-electron chi connectivity index (χ3n) is 6.44. The molecule has 33 heavy (non-hydrogen) atoms. The molecule has 0 spiro atoms. The number of carbonyl (C=O) groups is 3. The highest BCUT2D eigenvalue weighted by atomic mass is 16.5. The number of nitrogens with one attached hydrogen (secondary N) is 1. The molecule has 3 rings (SSSR count). The first-order valence-electron chi connectivity index (χ1n) is 11.4. The molecule has 0 radical (unpaired) electrons. The first-order valence-corrected chi connectivity index (χ1v) is 11.4. The Balaban J connectivity index is 1.58.